The fourth-order valence-electron chi connectivity index (χ4n) is 0.0962. The Kier molecular flexibility index (Phi) is 4.57. The van der Waals surface area contributed by atoms with Crippen LogP contribution in [0.5, 0.6) is 0 Å². The average Bonchev–Trinajstić information content (AvgIpc) is 2.25. The molecule has 1 unspecified atom stereocenters. The SMILES string of the molecule is CC1CO1.CCCl. The Balaban J connectivity index is 0.000000110. The molecule has 1 aliphatic rings. The van der Waals surface area contributed by atoms with Gasteiger partial charge in [0.15, 0.2) is 0 Å². The lowest BCUT2D eigenvalue weighted by atomic mass is 10.6. The highest BCUT2D eigenvalue weighted by molar-refractivity contribution is 6.17. The van der Waals surface area contributed by atoms with Gasteiger partial charge in [0.25, 0.3) is 0 Å². The molecule has 0 saturated carbocycles. The summed E-state index contributed by atoms with van der Waals surface area (Å²) in [6, 6.07) is 0. The number of epoxide rings is 1. The van der Waals surface area contributed by atoms with E-state index in [2.05, 4.69) is 6.92 Å². The van der Waals surface area contributed by atoms with Crippen LogP contribution in [0.3, 0.4) is 0 Å². The van der Waals surface area contributed by atoms with Crippen molar-refractivity contribution in [1.82, 2.24) is 0 Å². The van der Waals surface area contributed by atoms with E-state index in [4.69, 9.17) is 16.3 Å². The van der Waals surface area contributed by atoms with Gasteiger partial charge in [-0.15, -0.1) is 11.6 Å². The minimum Gasteiger partial charge on any atom is -0.373 e. The van der Waals surface area contributed by atoms with Gasteiger partial charge < -0.3 is 4.74 Å². The van der Waals surface area contributed by atoms with Gasteiger partial charge in [0, 0.05) is 5.88 Å². The molecule has 1 saturated heterocycles. The van der Waals surface area contributed by atoms with Gasteiger partial charge in [-0.1, -0.05) is 6.92 Å². The highest BCUT2D eigenvalue weighted by Crippen LogP contribution is 2.04. The normalized spacial score (nSPS) is 25.3. The summed E-state index contributed by atoms with van der Waals surface area (Å²) >= 11 is 5.00. The largest absolute Gasteiger partial charge is 0.373 e. The van der Waals surface area contributed by atoms with Gasteiger partial charge in [0.2, 0.25) is 0 Å². The van der Waals surface area contributed by atoms with E-state index in [1.54, 1.807) is 0 Å². The highest BCUT2D eigenvalue weighted by atomic mass is 35.5. The van der Waals surface area contributed by atoms with E-state index in [9.17, 15) is 0 Å². The molecule has 0 aromatic heterocycles. The maximum atomic E-state index is 5.00. The van der Waals surface area contributed by atoms with Crippen molar-refractivity contribution in [2.45, 2.75) is 20.0 Å². The molecule has 0 N–H and O–H groups in total. The molecule has 0 radical (unpaired) electrons. The van der Waals surface area contributed by atoms with Crippen molar-refractivity contribution in [2.75, 3.05) is 12.5 Å². The van der Waals surface area contributed by atoms with Crippen LogP contribution in [0.1, 0.15) is 13.8 Å². The monoisotopic (exact) mass is 122 g/mol. The molecule has 1 fully saturated rings. The molecule has 1 rings (SSSR count). The lowest BCUT2D eigenvalue weighted by Gasteiger charge is -1.50. The van der Waals surface area contributed by atoms with Crippen LogP contribution in [0.4, 0.5) is 0 Å². The van der Waals surface area contributed by atoms with E-state index in [-0.39, 0.29) is 0 Å². The van der Waals surface area contributed by atoms with Crippen molar-refractivity contribution >= 4 is 11.6 Å². The minimum absolute atomic E-state index is 0.583. The summed E-state index contributed by atoms with van der Waals surface area (Å²) in [5.41, 5.74) is 0. The van der Waals surface area contributed by atoms with Gasteiger partial charge in [0.1, 0.15) is 0 Å². The molecule has 0 bridgehead atoms. The van der Waals surface area contributed by atoms with E-state index in [1.807, 2.05) is 6.92 Å². The zero-order chi connectivity index (χ0) is 5.70. The summed E-state index contributed by atoms with van der Waals surface area (Å²) in [6.07, 6.45) is 0.583. The van der Waals surface area contributed by atoms with Gasteiger partial charge in [-0.2, -0.15) is 0 Å². The third-order valence-corrected chi connectivity index (χ3v) is 0.500. The molecule has 1 atom stereocenters. The van der Waals surface area contributed by atoms with Crippen molar-refractivity contribution in [1.29, 1.82) is 0 Å². The Bertz CT molecular complexity index is 35.1. The molecule has 0 aromatic carbocycles. The molecule has 0 aromatic rings. The Labute approximate surface area is 49.6 Å². The van der Waals surface area contributed by atoms with Gasteiger partial charge in [-0.25, -0.2) is 0 Å². The zero-order valence-corrected chi connectivity index (χ0v) is 5.53. The van der Waals surface area contributed by atoms with Gasteiger partial charge >= 0.3 is 0 Å². The summed E-state index contributed by atoms with van der Waals surface area (Å²) in [7, 11) is 0. The topological polar surface area (TPSA) is 12.5 Å². The maximum absolute atomic E-state index is 5.00. The van der Waals surface area contributed by atoms with Crippen LogP contribution in [-0.2, 0) is 4.74 Å². The third kappa shape index (κ3) is 10.7. The Morgan fingerprint density at radius 2 is 2.00 bits per heavy atom. The molecule has 2 heteroatoms. The number of ether oxygens (including phenoxy) is 1. The first kappa shape index (κ1) is 7.25. The standard InChI is InChI=1S/C3H6O.C2H5Cl/c1-3-2-4-3;1-2-3/h3H,2H2,1H3;2H2,1H3. The van der Waals surface area contributed by atoms with Crippen LogP contribution in [0.2, 0.25) is 0 Å². The van der Waals surface area contributed by atoms with Crippen molar-refractivity contribution in [2.24, 2.45) is 0 Å². The average molecular weight is 123 g/mol. The van der Waals surface area contributed by atoms with Crippen molar-refractivity contribution < 1.29 is 4.74 Å². The number of alkyl halides is 1. The van der Waals surface area contributed by atoms with Gasteiger partial charge in [-0.3, -0.25) is 0 Å². The Hall–Kier alpha value is 0.250. The van der Waals surface area contributed by atoms with Crippen molar-refractivity contribution in [3.05, 3.63) is 0 Å². The molecule has 7 heavy (non-hydrogen) atoms. The number of halogens is 1. The smallest absolute Gasteiger partial charge is 0.0781 e. The van der Waals surface area contributed by atoms with Gasteiger partial charge in [0.05, 0.1) is 12.7 Å². The molecule has 0 aliphatic carbocycles. The van der Waals surface area contributed by atoms with Crippen LogP contribution in [0.25, 0.3) is 0 Å². The first-order valence-corrected chi connectivity index (χ1v) is 3.02. The Morgan fingerprint density at radius 1 is 1.86 bits per heavy atom. The molecule has 1 heterocycles. The van der Waals surface area contributed by atoms with Gasteiger partial charge in [-0.05, 0) is 6.92 Å². The number of hydrogen-bond donors (Lipinski definition) is 0. The summed E-state index contributed by atoms with van der Waals surface area (Å²) in [4.78, 5) is 0. The highest BCUT2D eigenvalue weighted by Gasteiger charge is 2.13. The van der Waals surface area contributed by atoms with Crippen LogP contribution in [0.15, 0.2) is 0 Å². The quantitative estimate of drug-likeness (QED) is 0.352. The second kappa shape index (κ2) is 4.41. The predicted octanol–water partition coefficient (Wildman–Crippen LogP) is 1.65. The summed E-state index contributed by atoms with van der Waals surface area (Å²) < 4.78 is 4.71. The lowest BCUT2D eigenvalue weighted by Crippen LogP contribution is -1.60. The molecule has 1 aliphatic heterocycles. The molecule has 0 spiro atoms. The van der Waals surface area contributed by atoms with Crippen LogP contribution in [0, 0.1) is 0 Å². The second-order valence-corrected chi connectivity index (χ2v) is 1.95. The molecular formula is C5H11ClO. The van der Waals surface area contributed by atoms with Crippen LogP contribution in [-0.4, -0.2) is 18.6 Å². The lowest BCUT2D eigenvalue weighted by molar-refractivity contribution is 0.423. The van der Waals surface area contributed by atoms with Crippen molar-refractivity contribution in [3.63, 3.8) is 0 Å². The summed E-state index contributed by atoms with van der Waals surface area (Å²) in [6.45, 7) is 4.93. The predicted molar refractivity (Wildman–Crippen MR) is 31.8 cm³/mol. The van der Waals surface area contributed by atoms with E-state index in [0.717, 1.165) is 12.5 Å². The molecular weight excluding hydrogens is 112 g/mol. The van der Waals surface area contributed by atoms with E-state index < -0.39 is 0 Å². The number of hydrogen-bond acceptors (Lipinski definition) is 1. The summed E-state index contributed by atoms with van der Waals surface area (Å²) in [5, 5.41) is 0. The maximum Gasteiger partial charge on any atom is 0.0781 e. The molecule has 0 amide bonds. The second-order valence-electron chi connectivity index (χ2n) is 1.41. The molecule has 44 valence electrons. The third-order valence-electron chi connectivity index (χ3n) is 0.500. The minimum atomic E-state index is 0.583. The molecule has 1 nitrogen and oxygen atoms in total. The van der Waals surface area contributed by atoms with Crippen molar-refractivity contribution in [3.8, 4) is 0 Å². The first-order valence-electron chi connectivity index (χ1n) is 2.48. The zero-order valence-electron chi connectivity index (χ0n) is 4.78. The van der Waals surface area contributed by atoms with Crippen LogP contribution < -0.4 is 0 Å². The Morgan fingerprint density at radius 3 is 2.00 bits per heavy atom. The summed E-state index contributed by atoms with van der Waals surface area (Å²) in [5.74, 6) is 0.722. The number of rotatable bonds is 0. The van der Waals surface area contributed by atoms with E-state index >= 15 is 0 Å². The fraction of sp³-hybridized carbons (Fsp3) is 1.00. The van der Waals surface area contributed by atoms with Crippen LogP contribution >= 0.6 is 11.6 Å². The fourth-order valence-corrected chi connectivity index (χ4v) is 0.0962. The van der Waals surface area contributed by atoms with E-state index in [0.29, 0.717) is 6.10 Å². The van der Waals surface area contributed by atoms with E-state index in [1.165, 1.54) is 0 Å². The first-order chi connectivity index (χ1) is 3.31.